The summed E-state index contributed by atoms with van der Waals surface area (Å²) in [5.41, 5.74) is 7.28. The number of carbonyl (C=O) groups is 1. The third-order valence-electron chi connectivity index (χ3n) is 2.58. The number of ether oxygens (including phenoxy) is 1. The molecule has 0 aliphatic rings. The predicted molar refractivity (Wildman–Crippen MR) is 70.7 cm³/mol. The van der Waals surface area contributed by atoms with E-state index >= 15 is 0 Å². The van der Waals surface area contributed by atoms with Gasteiger partial charge in [0.2, 0.25) is 0 Å². The number of methoxy groups -OCH3 is 1. The third-order valence-corrected chi connectivity index (χ3v) is 2.58. The molecule has 0 bridgehead atoms. The van der Waals surface area contributed by atoms with Crippen molar-refractivity contribution in [3.05, 3.63) is 36.2 Å². The Labute approximate surface area is 110 Å². The molecule has 0 spiro atoms. The van der Waals surface area contributed by atoms with Gasteiger partial charge in [0.1, 0.15) is 0 Å². The van der Waals surface area contributed by atoms with E-state index in [4.69, 9.17) is 10.5 Å². The van der Waals surface area contributed by atoms with Crippen molar-refractivity contribution < 1.29 is 9.53 Å². The highest BCUT2D eigenvalue weighted by Crippen LogP contribution is 2.19. The molecular formula is C12H15N5O2. The minimum absolute atomic E-state index is 0.418. The Balaban J connectivity index is 2.04. The number of anilines is 2. The highest BCUT2D eigenvalue weighted by molar-refractivity contribution is 5.96. The number of nitrogen functional groups attached to an aromatic ring is 1. The van der Waals surface area contributed by atoms with E-state index in [2.05, 4.69) is 15.6 Å². The van der Waals surface area contributed by atoms with E-state index in [-0.39, 0.29) is 0 Å². The summed E-state index contributed by atoms with van der Waals surface area (Å²) in [4.78, 5) is 11.6. The van der Waals surface area contributed by atoms with Crippen molar-refractivity contribution in [3.8, 4) is 0 Å². The van der Waals surface area contributed by atoms with Gasteiger partial charge in [0.15, 0.2) is 0 Å². The van der Waals surface area contributed by atoms with E-state index in [9.17, 15) is 4.79 Å². The lowest BCUT2D eigenvalue weighted by atomic mass is 10.1. The molecule has 0 amide bonds. The second-order valence-electron chi connectivity index (χ2n) is 3.89. The first kappa shape index (κ1) is 12.9. The van der Waals surface area contributed by atoms with Crippen LogP contribution in [0.15, 0.2) is 30.6 Å². The van der Waals surface area contributed by atoms with Gasteiger partial charge < -0.3 is 15.8 Å². The molecule has 0 saturated carbocycles. The van der Waals surface area contributed by atoms with Crippen molar-refractivity contribution >= 4 is 17.3 Å². The molecule has 7 nitrogen and oxygen atoms in total. The summed E-state index contributed by atoms with van der Waals surface area (Å²) in [7, 11) is 1.34. The van der Waals surface area contributed by atoms with Crippen LogP contribution >= 0.6 is 0 Å². The monoisotopic (exact) mass is 261 g/mol. The average molecular weight is 261 g/mol. The van der Waals surface area contributed by atoms with Gasteiger partial charge in [-0.1, -0.05) is 5.21 Å². The molecule has 7 heteroatoms. The van der Waals surface area contributed by atoms with Gasteiger partial charge in [-0.05, 0) is 18.2 Å². The van der Waals surface area contributed by atoms with Crippen LogP contribution in [0.25, 0.3) is 0 Å². The van der Waals surface area contributed by atoms with Gasteiger partial charge in [0.05, 0.1) is 25.4 Å². The molecule has 1 aromatic carbocycles. The van der Waals surface area contributed by atoms with E-state index in [0.29, 0.717) is 30.0 Å². The van der Waals surface area contributed by atoms with Gasteiger partial charge >= 0.3 is 5.97 Å². The first-order valence-corrected chi connectivity index (χ1v) is 5.76. The summed E-state index contributed by atoms with van der Waals surface area (Å²) < 4.78 is 6.42. The predicted octanol–water partition coefficient (Wildman–Crippen LogP) is 0.759. The average Bonchev–Trinajstić information content (AvgIpc) is 2.92. The molecule has 0 saturated heterocycles. The Hall–Kier alpha value is -2.57. The normalized spacial score (nSPS) is 10.2. The lowest BCUT2D eigenvalue weighted by molar-refractivity contribution is 0.0602. The van der Waals surface area contributed by atoms with Gasteiger partial charge in [-0.15, -0.1) is 5.10 Å². The molecule has 0 unspecified atom stereocenters. The number of benzene rings is 1. The van der Waals surface area contributed by atoms with Crippen molar-refractivity contribution in [1.82, 2.24) is 15.0 Å². The zero-order chi connectivity index (χ0) is 13.7. The number of rotatable bonds is 5. The van der Waals surface area contributed by atoms with Crippen LogP contribution in [0.3, 0.4) is 0 Å². The topological polar surface area (TPSA) is 95.1 Å². The maximum atomic E-state index is 11.6. The number of carbonyl (C=O) groups excluding carboxylic acids is 1. The number of nitrogens with two attached hydrogens (primary N) is 1. The lowest BCUT2D eigenvalue weighted by Crippen LogP contribution is -2.14. The summed E-state index contributed by atoms with van der Waals surface area (Å²) in [6, 6.07) is 5.07. The standard InChI is InChI=1S/C12H15N5O2/c1-19-12(18)10-8-9(13)2-3-11(10)14-4-6-17-7-5-15-16-17/h2-3,5,7-8,14H,4,6,13H2,1H3. The van der Waals surface area contributed by atoms with Crippen LogP contribution in [-0.2, 0) is 11.3 Å². The molecule has 2 rings (SSSR count). The summed E-state index contributed by atoms with van der Waals surface area (Å²) in [6.07, 6.45) is 3.38. The van der Waals surface area contributed by atoms with Gasteiger partial charge in [-0.25, -0.2) is 4.79 Å². The number of nitrogens with one attached hydrogen (secondary N) is 1. The van der Waals surface area contributed by atoms with Crippen molar-refractivity contribution in [2.75, 3.05) is 24.7 Å². The molecule has 2 aromatic rings. The molecular weight excluding hydrogens is 246 g/mol. The summed E-state index contributed by atoms with van der Waals surface area (Å²) in [6.45, 7) is 1.25. The highest BCUT2D eigenvalue weighted by Gasteiger charge is 2.11. The minimum atomic E-state index is -0.421. The molecule has 100 valence electrons. The molecule has 0 atom stereocenters. The molecule has 1 aromatic heterocycles. The quantitative estimate of drug-likeness (QED) is 0.609. The maximum Gasteiger partial charge on any atom is 0.340 e. The van der Waals surface area contributed by atoms with Crippen LogP contribution in [0.2, 0.25) is 0 Å². The van der Waals surface area contributed by atoms with Crippen molar-refractivity contribution in [3.63, 3.8) is 0 Å². The Morgan fingerprint density at radius 1 is 1.53 bits per heavy atom. The molecule has 1 heterocycles. The van der Waals surface area contributed by atoms with Crippen LogP contribution in [0.5, 0.6) is 0 Å². The molecule has 3 N–H and O–H groups in total. The minimum Gasteiger partial charge on any atom is -0.465 e. The van der Waals surface area contributed by atoms with Crippen LogP contribution in [0.1, 0.15) is 10.4 Å². The summed E-state index contributed by atoms with van der Waals surface area (Å²) >= 11 is 0. The molecule has 0 aliphatic carbocycles. The number of aromatic nitrogens is 3. The fourth-order valence-corrected chi connectivity index (χ4v) is 1.65. The fraction of sp³-hybridized carbons (Fsp3) is 0.250. The Bertz CT molecular complexity index is 553. The number of hydrogen-bond acceptors (Lipinski definition) is 6. The maximum absolute atomic E-state index is 11.6. The number of esters is 1. The molecule has 0 radical (unpaired) electrons. The number of nitrogens with zero attached hydrogens (tertiary/aromatic N) is 3. The first-order chi connectivity index (χ1) is 9.20. The van der Waals surface area contributed by atoms with Gasteiger partial charge in [-0.2, -0.15) is 0 Å². The van der Waals surface area contributed by atoms with E-state index in [0.717, 1.165) is 0 Å². The third kappa shape index (κ3) is 3.21. The Morgan fingerprint density at radius 2 is 2.37 bits per heavy atom. The molecule has 0 aliphatic heterocycles. The Morgan fingerprint density at radius 3 is 3.05 bits per heavy atom. The SMILES string of the molecule is COC(=O)c1cc(N)ccc1NCCn1ccnn1. The van der Waals surface area contributed by atoms with Crippen LogP contribution in [-0.4, -0.2) is 34.6 Å². The largest absolute Gasteiger partial charge is 0.465 e. The lowest BCUT2D eigenvalue weighted by Gasteiger charge is -2.11. The zero-order valence-electron chi connectivity index (χ0n) is 10.5. The highest BCUT2D eigenvalue weighted by atomic mass is 16.5. The van der Waals surface area contributed by atoms with Gasteiger partial charge in [0, 0.05) is 24.1 Å². The smallest absolute Gasteiger partial charge is 0.340 e. The Kier molecular flexibility index (Phi) is 3.97. The van der Waals surface area contributed by atoms with Crippen LogP contribution in [0.4, 0.5) is 11.4 Å². The number of hydrogen-bond donors (Lipinski definition) is 2. The van der Waals surface area contributed by atoms with E-state index in [1.54, 1.807) is 35.3 Å². The molecule has 19 heavy (non-hydrogen) atoms. The molecule has 0 fully saturated rings. The second-order valence-corrected chi connectivity index (χ2v) is 3.89. The van der Waals surface area contributed by atoms with Crippen molar-refractivity contribution in [2.45, 2.75) is 6.54 Å². The van der Waals surface area contributed by atoms with Crippen molar-refractivity contribution in [1.29, 1.82) is 0 Å². The van der Waals surface area contributed by atoms with Crippen molar-refractivity contribution in [2.24, 2.45) is 0 Å². The zero-order valence-corrected chi connectivity index (χ0v) is 10.5. The van der Waals surface area contributed by atoms with E-state index in [1.165, 1.54) is 7.11 Å². The summed E-state index contributed by atoms with van der Waals surface area (Å²) in [5.74, 6) is -0.421. The fourth-order valence-electron chi connectivity index (χ4n) is 1.65. The van der Waals surface area contributed by atoms with E-state index < -0.39 is 5.97 Å². The second kappa shape index (κ2) is 5.85. The van der Waals surface area contributed by atoms with Crippen LogP contribution in [0, 0.1) is 0 Å². The van der Waals surface area contributed by atoms with E-state index in [1.807, 2.05) is 0 Å². The van der Waals surface area contributed by atoms with Crippen LogP contribution < -0.4 is 11.1 Å². The first-order valence-electron chi connectivity index (χ1n) is 5.76. The van der Waals surface area contributed by atoms with Gasteiger partial charge in [0.25, 0.3) is 0 Å². The summed E-state index contributed by atoms with van der Waals surface area (Å²) in [5, 5.41) is 10.7. The van der Waals surface area contributed by atoms with Gasteiger partial charge in [-0.3, -0.25) is 4.68 Å².